The number of benzene rings is 1. The number of β-amino-alcohol motifs (C(OH)–C–C–N with tert-alkyl or cyclic N) is 1. The Morgan fingerprint density at radius 3 is 2.83 bits per heavy atom. The quantitative estimate of drug-likeness (QED) is 0.930. The van der Waals surface area contributed by atoms with Crippen LogP contribution in [0.4, 0.5) is 5.82 Å². The molecule has 1 amide bonds. The zero-order chi connectivity index (χ0) is 17.3. The minimum absolute atomic E-state index is 0.0617. The molecule has 0 spiro atoms. The lowest BCUT2D eigenvalue weighted by Crippen LogP contribution is -2.29. The van der Waals surface area contributed by atoms with Crippen LogP contribution < -0.4 is 4.90 Å². The maximum atomic E-state index is 12.6. The lowest BCUT2D eigenvalue weighted by atomic mass is 10.1. The number of carbonyl (C=O) groups is 1. The normalized spacial score (nSPS) is 17.2. The molecule has 6 heteroatoms. The highest BCUT2D eigenvalue weighted by molar-refractivity contribution is 5.95. The number of amides is 1. The van der Waals surface area contributed by atoms with Crippen molar-refractivity contribution in [2.75, 3.05) is 32.1 Å². The van der Waals surface area contributed by atoms with Crippen LogP contribution >= 0.6 is 0 Å². The van der Waals surface area contributed by atoms with Crippen LogP contribution in [0, 0.1) is 6.92 Å². The number of rotatable bonds is 3. The Morgan fingerprint density at radius 2 is 2.17 bits per heavy atom. The minimum atomic E-state index is -0.416. The van der Waals surface area contributed by atoms with Crippen molar-refractivity contribution in [2.45, 2.75) is 19.4 Å². The first-order valence-corrected chi connectivity index (χ1v) is 8.04. The van der Waals surface area contributed by atoms with Crippen molar-refractivity contribution in [3.8, 4) is 11.4 Å². The molecule has 1 N–H and O–H groups in total. The topological polar surface area (TPSA) is 69.6 Å². The van der Waals surface area contributed by atoms with Gasteiger partial charge in [-0.3, -0.25) is 4.79 Å². The lowest BCUT2D eigenvalue weighted by Gasteiger charge is -2.17. The smallest absolute Gasteiger partial charge is 0.253 e. The van der Waals surface area contributed by atoms with Gasteiger partial charge in [-0.05, 0) is 25.5 Å². The van der Waals surface area contributed by atoms with E-state index < -0.39 is 6.10 Å². The van der Waals surface area contributed by atoms with Gasteiger partial charge in [-0.1, -0.05) is 12.1 Å². The molecule has 6 nitrogen and oxygen atoms in total. The molecule has 2 aromatic rings. The van der Waals surface area contributed by atoms with Crippen LogP contribution in [0.2, 0.25) is 0 Å². The first-order valence-electron chi connectivity index (χ1n) is 8.04. The van der Waals surface area contributed by atoms with Crippen LogP contribution in [0.3, 0.4) is 0 Å². The Bertz CT molecular complexity index is 760. The van der Waals surface area contributed by atoms with Crippen molar-refractivity contribution < 1.29 is 9.90 Å². The highest BCUT2D eigenvalue weighted by Crippen LogP contribution is 2.22. The second-order valence-electron chi connectivity index (χ2n) is 6.37. The second-order valence-corrected chi connectivity index (χ2v) is 6.37. The van der Waals surface area contributed by atoms with Crippen LogP contribution in [0.5, 0.6) is 0 Å². The molecule has 1 fully saturated rings. The second kappa shape index (κ2) is 6.57. The van der Waals surface area contributed by atoms with E-state index in [2.05, 4.69) is 9.97 Å². The fourth-order valence-electron chi connectivity index (χ4n) is 2.93. The van der Waals surface area contributed by atoms with E-state index in [0.29, 0.717) is 30.9 Å². The van der Waals surface area contributed by atoms with E-state index >= 15 is 0 Å². The molecule has 0 aliphatic carbocycles. The van der Waals surface area contributed by atoms with E-state index in [1.54, 1.807) is 17.2 Å². The Kier molecular flexibility index (Phi) is 4.49. The number of aryl methyl sites for hydroxylation is 1. The van der Waals surface area contributed by atoms with Crippen LogP contribution in [-0.4, -0.2) is 59.2 Å². The first kappa shape index (κ1) is 16.4. The number of anilines is 1. The number of carbonyl (C=O) groups excluding carboxylic acids is 1. The molecular formula is C18H22N4O2. The Morgan fingerprint density at radius 1 is 1.38 bits per heavy atom. The van der Waals surface area contributed by atoms with Gasteiger partial charge in [0.1, 0.15) is 5.82 Å². The fraction of sp³-hybridized carbons (Fsp3) is 0.389. The van der Waals surface area contributed by atoms with E-state index in [-0.39, 0.29) is 5.91 Å². The summed E-state index contributed by atoms with van der Waals surface area (Å²) in [6, 6.07) is 7.35. The van der Waals surface area contributed by atoms with Crippen molar-refractivity contribution in [1.82, 2.24) is 14.9 Å². The molecule has 1 atom stereocenters. The third-order valence-electron chi connectivity index (χ3n) is 4.19. The summed E-state index contributed by atoms with van der Waals surface area (Å²) in [5.41, 5.74) is 2.41. The zero-order valence-electron chi connectivity index (χ0n) is 14.2. The van der Waals surface area contributed by atoms with Crippen molar-refractivity contribution >= 4 is 11.7 Å². The molecule has 0 unspecified atom stereocenters. The van der Waals surface area contributed by atoms with E-state index in [0.717, 1.165) is 16.9 Å². The van der Waals surface area contributed by atoms with Crippen LogP contribution in [0.1, 0.15) is 22.3 Å². The molecular weight excluding hydrogens is 304 g/mol. The third-order valence-corrected chi connectivity index (χ3v) is 4.19. The third kappa shape index (κ3) is 3.23. The summed E-state index contributed by atoms with van der Waals surface area (Å²) in [6.45, 7) is 2.96. The van der Waals surface area contributed by atoms with Crippen molar-refractivity contribution in [3.05, 3.63) is 41.6 Å². The van der Waals surface area contributed by atoms with Crippen molar-refractivity contribution in [2.24, 2.45) is 0 Å². The van der Waals surface area contributed by atoms with E-state index in [4.69, 9.17) is 0 Å². The van der Waals surface area contributed by atoms with Crippen LogP contribution in [-0.2, 0) is 0 Å². The maximum Gasteiger partial charge on any atom is 0.253 e. The van der Waals surface area contributed by atoms with Gasteiger partial charge in [-0.25, -0.2) is 9.97 Å². The Labute approximate surface area is 141 Å². The summed E-state index contributed by atoms with van der Waals surface area (Å²) in [5, 5.41) is 9.62. The molecule has 126 valence electrons. The number of aromatic nitrogens is 2. The largest absolute Gasteiger partial charge is 0.391 e. The highest BCUT2D eigenvalue weighted by Gasteiger charge is 2.25. The van der Waals surface area contributed by atoms with Gasteiger partial charge >= 0.3 is 0 Å². The van der Waals surface area contributed by atoms with Crippen molar-refractivity contribution in [3.63, 3.8) is 0 Å². The molecule has 0 radical (unpaired) electrons. The van der Waals surface area contributed by atoms with E-state index in [1.807, 2.05) is 44.1 Å². The van der Waals surface area contributed by atoms with Gasteiger partial charge in [0.15, 0.2) is 5.82 Å². The van der Waals surface area contributed by atoms with Gasteiger partial charge in [-0.15, -0.1) is 0 Å². The van der Waals surface area contributed by atoms with Gasteiger partial charge in [0.05, 0.1) is 6.10 Å². The number of likely N-dealkylation sites (tertiary alicyclic amines) is 1. The molecule has 1 saturated heterocycles. The average molecular weight is 326 g/mol. The summed E-state index contributed by atoms with van der Waals surface area (Å²) in [6.07, 6.45) is 2.02. The average Bonchev–Trinajstić information content (AvgIpc) is 3.01. The molecule has 3 rings (SSSR count). The molecule has 1 aromatic heterocycles. The summed E-state index contributed by atoms with van der Waals surface area (Å²) in [7, 11) is 3.88. The number of aliphatic hydroxyl groups is 1. The van der Waals surface area contributed by atoms with Gasteiger partial charge in [0, 0.05) is 50.1 Å². The summed E-state index contributed by atoms with van der Waals surface area (Å²) in [5.74, 6) is 1.40. The molecule has 0 saturated carbocycles. The minimum Gasteiger partial charge on any atom is -0.391 e. The van der Waals surface area contributed by atoms with Gasteiger partial charge in [0.25, 0.3) is 5.91 Å². The van der Waals surface area contributed by atoms with Gasteiger partial charge in [-0.2, -0.15) is 0 Å². The number of aliphatic hydroxyl groups excluding tert-OH is 1. The first-order chi connectivity index (χ1) is 11.5. The lowest BCUT2D eigenvalue weighted by molar-refractivity contribution is 0.0765. The Hall–Kier alpha value is -2.47. The predicted molar refractivity (Wildman–Crippen MR) is 93.1 cm³/mol. The predicted octanol–water partition coefficient (Wildman–Crippen LogP) is 1.72. The fourth-order valence-corrected chi connectivity index (χ4v) is 2.93. The molecule has 0 bridgehead atoms. The SMILES string of the molecule is Cc1cnc(-c2cccc(C(=O)N3CC[C@@H](O)C3)c2)nc1N(C)C. The Balaban J connectivity index is 1.91. The van der Waals surface area contributed by atoms with Crippen molar-refractivity contribution in [1.29, 1.82) is 0 Å². The number of hydrogen-bond acceptors (Lipinski definition) is 5. The molecule has 2 heterocycles. The van der Waals surface area contributed by atoms with E-state index in [9.17, 15) is 9.90 Å². The summed E-state index contributed by atoms with van der Waals surface area (Å²) >= 11 is 0. The van der Waals surface area contributed by atoms with E-state index in [1.165, 1.54) is 0 Å². The molecule has 1 aromatic carbocycles. The van der Waals surface area contributed by atoms with Crippen LogP contribution in [0.25, 0.3) is 11.4 Å². The van der Waals surface area contributed by atoms with Gasteiger partial charge in [0.2, 0.25) is 0 Å². The van der Waals surface area contributed by atoms with Gasteiger partial charge < -0.3 is 14.9 Å². The standard InChI is InChI=1S/C18H22N4O2/c1-12-10-19-16(20-17(12)21(2)3)13-5-4-6-14(9-13)18(24)22-8-7-15(23)11-22/h4-6,9-10,15,23H,7-8,11H2,1-3H3/t15-/m1/s1. The zero-order valence-corrected chi connectivity index (χ0v) is 14.2. The van der Waals surface area contributed by atoms with Crippen LogP contribution in [0.15, 0.2) is 30.5 Å². The highest BCUT2D eigenvalue weighted by atomic mass is 16.3. The summed E-state index contributed by atoms with van der Waals surface area (Å²) in [4.78, 5) is 25.2. The molecule has 1 aliphatic rings. The number of nitrogens with zero attached hydrogens (tertiary/aromatic N) is 4. The monoisotopic (exact) mass is 326 g/mol. The maximum absolute atomic E-state index is 12.6. The number of hydrogen-bond donors (Lipinski definition) is 1. The molecule has 24 heavy (non-hydrogen) atoms. The summed E-state index contributed by atoms with van der Waals surface area (Å²) < 4.78 is 0. The molecule has 1 aliphatic heterocycles.